The molecule has 3 N–H and O–H groups in total. The van der Waals surface area contributed by atoms with E-state index in [-0.39, 0.29) is 11.1 Å². The van der Waals surface area contributed by atoms with Crippen LogP contribution in [0.4, 0.5) is 15.8 Å². The van der Waals surface area contributed by atoms with E-state index in [0.29, 0.717) is 22.5 Å². The average Bonchev–Trinajstić information content (AvgIpc) is 2.77. The predicted molar refractivity (Wildman–Crippen MR) is 134 cm³/mol. The standard InChI is InChI=1S/C27H30FN3O/c1-7-11-21(18(5)19(8-2)9-3)22-14-15-23(30-6)24(25(22)28)26(29)27(32)31-20-13-10-12-17(4)16-20/h7-8,10-16,29-30H,1,5,9H2,2-4,6H3,(H,31,32)/b19-8+,21-11+,29-26?. The van der Waals surface area contributed by atoms with Crippen molar-refractivity contribution in [1.82, 2.24) is 0 Å². The lowest BCUT2D eigenvalue weighted by Crippen LogP contribution is -2.25. The molecule has 32 heavy (non-hydrogen) atoms. The molecule has 2 aromatic carbocycles. The molecule has 166 valence electrons. The van der Waals surface area contributed by atoms with Crippen molar-refractivity contribution in [2.24, 2.45) is 0 Å². The third kappa shape index (κ3) is 5.30. The minimum atomic E-state index is -0.695. The molecule has 0 saturated carbocycles. The zero-order chi connectivity index (χ0) is 23.8. The second kappa shape index (κ2) is 11.0. The molecule has 0 aliphatic carbocycles. The SMILES string of the molecule is C=C/C=C(\C(=C)/C(=C/C)CC)c1ccc(NC)c(C(=N)C(=O)Nc2cccc(C)c2)c1F. The van der Waals surface area contributed by atoms with Gasteiger partial charge in [-0.3, -0.25) is 10.2 Å². The van der Waals surface area contributed by atoms with Crippen LogP contribution in [0.3, 0.4) is 0 Å². The van der Waals surface area contributed by atoms with Crippen LogP contribution in [-0.4, -0.2) is 18.7 Å². The minimum absolute atomic E-state index is 0.101. The van der Waals surface area contributed by atoms with Crippen molar-refractivity contribution in [2.45, 2.75) is 27.2 Å². The second-order valence-electron chi connectivity index (χ2n) is 7.26. The second-order valence-corrected chi connectivity index (χ2v) is 7.26. The fourth-order valence-corrected chi connectivity index (χ4v) is 3.50. The van der Waals surface area contributed by atoms with Crippen LogP contribution >= 0.6 is 0 Å². The summed E-state index contributed by atoms with van der Waals surface area (Å²) in [4.78, 5) is 12.8. The Bertz CT molecular complexity index is 1130. The highest BCUT2D eigenvalue weighted by Crippen LogP contribution is 2.34. The summed E-state index contributed by atoms with van der Waals surface area (Å²) in [7, 11) is 1.62. The lowest BCUT2D eigenvalue weighted by atomic mass is 9.89. The molecule has 2 aromatic rings. The molecule has 0 bridgehead atoms. The van der Waals surface area contributed by atoms with Crippen molar-refractivity contribution in [3.8, 4) is 0 Å². The molecule has 0 aliphatic heterocycles. The summed E-state index contributed by atoms with van der Waals surface area (Å²) in [5, 5.41) is 14.0. The van der Waals surface area contributed by atoms with E-state index in [1.807, 2.05) is 32.9 Å². The number of aryl methyl sites for hydroxylation is 1. The number of nitrogens with one attached hydrogen (secondary N) is 3. The topological polar surface area (TPSA) is 65.0 Å². The summed E-state index contributed by atoms with van der Waals surface area (Å²) in [6, 6.07) is 10.5. The van der Waals surface area contributed by atoms with Gasteiger partial charge in [-0.05, 0) is 66.8 Å². The van der Waals surface area contributed by atoms with E-state index in [2.05, 4.69) is 23.8 Å². The summed E-state index contributed by atoms with van der Waals surface area (Å²) in [6.45, 7) is 13.7. The molecular formula is C27H30FN3O. The Balaban J connectivity index is 2.56. The van der Waals surface area contributed by atoms with Crippen LogP contribution in [0.5, 0.6) is 0 Å². The quantitative estimate of drug-likeness (QED) is 0.307. The smallest absolute Gasteiger partial charge is 0.274 e. The number of amides is 1. The van der Waals surface area contributed by atoms with E-state index >= 15 is 4.39 Å². The van der Waals surface area contributed by atoms with Gasteiger partial charge in [-0.1, -0.05) is 50.4 Å². The molecule has 5 heteroatoms. The first-order valence-corrected chi connectivity index (χ1v) is 10.4. The van der Waals surface area contributed by atoms with Gasteiger partial charge in [-0.2, -0.15) is 0 Å². The molecule has 0 aromatic heterocycles. The number of carbonyl (C=O) groups excluding carboxylic acids is 1. The summed E-state index contributed by atoms with van der Waals surface area (Å²) in [5.41, 5.74) is 3.75. The first-order valence-electron chi connectivity index (χ1n) is 10.4. The maximum Gasteiger partial charge on any atom is 0.274 e. The van der Waals surface area contributed by atoms with Gasteiger partial charge in [0.25, 0.3) is 5.91 Å². The van der Waals surface area contributed by atoms with Crippen molar-refractivity contribution < 1.29 is 9.18 Å². The summed E-state index contributed by atoms with van der Waals surface area (Å²) in [5.74, 6) is -1.36. The van der Waals surface area contributed by atoms with E-state index in [1.165, 1.54) is 0 Å². The van der Waals surface area contributed by atoms with Crippen molar-refractivity contribution in [3.63, 3.8) is 0 Å². The lowest BCUT2D eigenvalue weighted by Gasteiger charge is -2.18. The van der Waals surface area contributed by atoms with Gasteiger partial charge in [0.2, 0.25) is 0 Å². The van der Waals surface area contributed by atoms with E-state index in [1.54, 1.807) is 49.5 Å². The molecule has 4 nitrogen and oxygen atoms in total. The van der Waals surface area contributed by atoms with Gasteiger partial charge in [-0.25, -0.2) is 4.39 Å². The normalized spacial score (nSPS) is 11.7. The van der Waals surface area contributed by atoms with Crippen molar-refractivity contribution in [1.29, 1.82) is 5.41 Å². The van der Waals surface area contributed by atoms with E-state index in [9.17, 15) is 4.79 Å². The summed E-state index contributed by atoms with van der Waals surface area (Å²) < 4.78 is 15.8. The molecule has 2 rings (SSSR count). The first kappa shape index (κ1) is 24.5. The predicted octanol–water partition coefficient (Wildman–Crippen LogP) is 6.66. The van der Waals surface area contributed by atoms with Crippen LogP contribution in [0.25, 0.3) is 5.57 Å². The molecule has 0 heterocycles. The zero-order valence-electron chi connectivity index (χ0n) is 19.1. The van der Waals surface area contributed by atoms with Gasteiger partial charge >= 0.3 is 0 Å². The Kier molecular flexibility index (Phi) is 8.47. The Morgan fingerprint density at radius 3 is 2.53 bits per heavy atom. The molecule has 1 amide bonds. The van der Waals surface area contributed by atoms with Crippen LogP contribution in [0.2, 0.25) is 0 Å². The molecule has 0 aliphatic rings. The maximum absolute atomic E-state index is 15.8. The van der Waals surface area contributed by atoms with Crippen LogP contribution in [0.15, 0.2) is 78.9 Å². The van der Waals surface area contributed by atoms with Crippen molar-refractivity contribution >= 4 is 28.6 Å². The molecular weight excluding hydrogens is 401 g/mol. The lowest BCUT2D eigenvalue weighted by molar-refractivity contribution is -0.110. The van der Waals surface area contributed by atoms with E-state index < -0.39 is 17.4 Å². The van der Waals surface area contributed by atoms with Crippen LogP contribution in [0, 0.1) is 18.2 Å². The Morgan fingerprint density at radius 1 is 1.25 bits per heavy atom. The Labute approximate surface area is 189 Å². The highest BCUT2D eigenvalue weighted by atomic mass is 19.1. The molecule has 0 saturated heterocycles. The highest BCUT2D eigenvalue weighted by Gasteiger charge is 2.24. The van der Waals surface area contributed by atoms with Crippen LogP contribution in [0.1, 0.15) is 37.0 Å². The van der Waals surface area contributed by atoms with Gasteiger partial charge in [0.1, 0.15) is 11.5 Å². The van der Waals surface area contributed by atoms with E-state index in [4.69, 9.17) is 5.41 Å². The van der Waals surface area contributed by atoms with Gasteiger partial charge in [-0.15, -0.1) is 0 Å². The fraction of sp³-hybridized carbons (Fsp3) is 0.185. The van der Waals surface area contributed by atoms with E-state index in [0.717, 1.165) is 17.6 Å². The number of benzene rings is 2. The molecule has 0 radical (unpaired) electrons. The third-order valence-electron chi connectivity index (χ3n) is 5.18. The molecule has 0 fully saturated rings. The third-order valence-corrected chi connectivity index (χ3v) is 5.18. The molecule has 0 unspecified atom stereocenters. The number of hydrogen-bond acceptors (Lipinski definition) is 3. The number of anilines is 2. The number of carbonyl (C=O) groups is 1. The van der Waals surface area contributed by atoms with Crippen molar-refractivity contribution in [3.05, 3.63) is 101 Å². The Morgan fingerprint density at radius 2 is 1.97 bits per heavy atom. The largest absolute Gasteiger partial charge is 0.387 e. The van der Waals surface area contributed by atoms with Gasteiger partial charge in [0.05, 0.1) is 5.56 Å². The maximum atomic E-state index is 15.8. The number of allylic oxidation sites excluding steroid dienone is 6. The average molecular weight is 432 g/mol. The fourth-order valence-electron chi connectivity index (χ4n) is 3.50. The summed E-state index contributed by atoms with van der Waals surface area (Å²) >= 11 is 0. The number of hydrogen-bond donors (Lipinski definition) is 3. The first-order chi connectivity index (χ1) is 15.3. The zero-order valence-corrected chi connectivity index (χ0v) is 19.1. The van der Waals surface area contributed by atoms with Crippen molar-refractivity contribution in [2.75, 3.05) is 17.7 Å². The van der Waals surface area contributed by atoms with Gasteiger partial charge in [0, 0.05) is 24.0 Å². The minimum Gasteiger partial charge on any atom is -0.387 e. The van der Waals surface area contributed by atoms with Crippen LogP contribution in [-0.2, 0) is 4.79 Å². The Hall–Kier alpha value is -3.73. The number of halogens is 1. The van der Waals surface area contributed by atoms with Gasteiger partial charge < -0.3 is 10.6 Å². The highest BCUT2D eigenvalue weighted by molar-refractivity contribution is 6.48. The summed E-state index contributed by atoms with van der Waals surface area (Å²) in [6.07, 6.45) is 5.95. The van der Waals surface area contributed by atoms with Crippen LogP contribution < -0.4 is 10.6 Å². The van der Waals surface area contributed by atoms with Gasteiger partial charge in [0.15, 0.2) is 0 Å². The molecule has 0 atom stereocenters. The monoisotopic (exact) mass is 431 g/mol. The number of rotatable bonds is 9. The molecule has 0 spiro atoms.